The molecule has 1 aromatic rings. The van der Waals surface area contributed by atoms with E-state index in [1.165, 1.54) is 31.6 Å². The fourth-order valence-corrected chi connectivity index (χ4v) is 2.36. The van der Waals surface area contributed by atoms with Gasteiger partial charge in [0.15, 0.2) is 0 Å². The van der Waals surface area contributed by atoms with Gasteiger partial charge in [-0.25, -0.2) is 0 Å². The second kappa shape index (κ2) is 7.64. The van der Waals surface area contributed by atoms with Crippen molar-refractivity contribution in [3.63, 3.8) is 0 Å². The molecule has 0 bridgehead atoms. The fraction of sp³-hybridized carbons (Fsp3) is 0.615. The number of nitrogens with zero attached hydrogens (tertiary/aromatic N) is 2. The number of hydrogen-bond donors (Lipinski definition) is 1. The molecule has 1 saturated heterocycles. The number of likely N-dealkylation sites (tertiary alicyclic amines) is 1. The molecule has 1 fully saturated rings. The molecule has 96 valence electrons. The van der Waals surface area contributed by atoms with Gasteiger partial charge < -0.3 is 5.32 Å². The Morgan fingerprint density at radius 3 is 2.71 bits per heavy atom. The van der Waals surface area contributed by atoms with Gasteiger partial charge in [-0.05, 0) is 57.6 Å². The standard InChI is InChI=1S/C13H21N3.ClH/c1-14-10-12-5-8-16(9-6-12)11-13-4-2-3-7-15-13;/h2-4,7,12,14H,5-6,8-11H2,1H3;1H. The summed E-state index contributed by atoms with van der Waals surface area (Å²) in [7, 11) is 2.04. The molecule has 0 spiro atoms. The van der Waals surface area contributed by atoms with Crippen LogP contribution in [0.15, 0.2) is 24.4 Å². The Hall–Kier alpha value is -0.640. The summed E-state index contributed by atoms with van der Waals surface area (Å²) in [6.07, 6.45) is 4.50. The average molecular weight is 256 g/mol. The van der Waals surface area contributed by atoms with E-state index in [9.17, 15) is 0 Å². The Morgan fingerprint density at radius 2 is 2.12 bits per heavy atom. The maximum Gasteiger partial charge on any atom is 0.0543 e. The zero-order valence-corrected chi connectivity index (χ0v) is 11.2. The number of pyridine rings is 1. The zero-order chi connectivity index (χ0) is 11.2. The average Bonchev–Trinajstić information content (AvgIpc) is 2.33. The molecule has 0 amide bonds. The topological polar surface area (TPSA) is 28.2 Å². The molecule has 0 radical (unpaired) electrons. The molecule has 1 aromatic heterocycles. The summed E-state index contributed by atoms with van der Waals surface area (Å²) in [6, 6.07) is 6.15. The van der Waals surface area contributed by atoms with Crippen LogP contribution in [0, 0.1) is 5.92 Å². The van der Waals surface area contributed by atoms with Crippen molar-refractivity contribution >= 4 is 12.4 Å². The van der Waals surface area contributed by atoms with Gasteiger partial charge >= 0.3 is 0 Å². The van der Waals surface area contributed by atoms with Crippen LogP contribution in [-0.2, 0) is 6.54 Å². The van der Waals surface area contributed by atoms with E-state index in [0.717, 1.165) is 19.0 Å². The van der Waals surface area contributed by atoms with E-state index in [1.807, 2.05) is 19.3 Å². The van der Waals surface area contributed by atoms with Crippen LogP contribution in [-0.4, -0.2) is 36.6 Å². The predicted octanol–water partition coefficient (Wildman–Crippen LogP) is 1.93. The lowest BCUT2D eigenvalue weighted by molar-refractivity contribution is 0.175. The summed E-state index contributed by atoms with van der Waals surface area (Å²) in [4.78, 5) is 6.88. The number of hydrogen-bond acceptors (Lipinski definition) is 3. The Kier molecular flexibility index (Phi) is 6.48. The van der Waals surface area contributed by atoms with Gasteiger partial charge in [0.05, 0.1) is 5.69 Å². The van der Waals surface area contributed by atoms with E-state index in [1.54, 1.807) is 0 Å². The van der Waals surface area contributed by atoms with Crippen LogP contribution in [0.3, 0.4) is 0 Å². The third-order valence-corrected chi connectivity index (χ3v) is 3.31. The second-order valence-corrected chi connectivity index (χ2v) is 4.60. The maximum absolute atomic E-state index is 4.37. The largest absolute Gasteiger partial charge is 0.319 e. The summed E-state index contributed by atoms with van der Waals surface area (Å²) >= 11 is 0. The number of rotatable bonds is 4. The lowest BCUT2D eigenvalue weighted by atomic mass is 9.97. The molecule has 2 rings (SSSR count). The highest BCUT2D eigenvalue weighted by molar-refractivity contribution is 5.85. The van der Waals surface area contributed by atoms with Crippen molar-refractivity contribution in [1.82, 2.24) is 15.2 Å². The van der Waals surface area contributed by atoms with Crippen LogP contribution in [0.4, 0.5) is 0 Å². The van der Waals surface area contributed by atoms with Gasteiger partial charge in [0, 0.05) is 12.7 Å². The zero-order valence-electron chi connectivity index (χ0n) is 10.4. The molecule has 1 N–H and O–H groups in total. The summed E-state index contributed by atoms with van der Waals surface area (Å²) in [5, 5.41) is 3.27. The Bertz CT molecular complexity index is 297. The van der Waals surface area contributed by atoms with Gasteiger partial charge in [0.2, 0.25) is 0 Å². The second-order valence-electron chi connectivity index (χ2n) is 4.60. The fourth-order valence-electron chi connectivity index (χ4n) is 2.36. The predicted molar refractivity (Wildman–Crippen MR) is 73.4 cm³/mol. The monoisotopic (exact) mass is 255 g/mol. The molecule has 2 heterocycles. The lowest BCUT2D eigenvalue weighted by Crippen LogP contribution is -2.36. The Labute approximate surface area is 110 Å². The number of halogens is 1. The first-order valence-corrected chi connectivity index (χ1v) is 6.15. The van der Waals surface area contributed by atoms with Crippen molar-refractivity contribution in [3.05, 3.63) is 30.1 Å². The van der Waals surface area contributed by atoms with Gasteiger partial charge in [-0.3, -0.25) is 9.88 Å². The van der Waals surface area contributed by atoms with Gasteiger partial charge in [-0.1, -0.05) is 6.07 Å². The maximum atomic E-state index is 4.37. The summed E-state index contributed by atoms with van der Waals surface area (Å²) in [5.74, 6) is 0.866. The first-order valence-electron chi connectivity index (χ1n) is 6.15. The minimum atomic E-state index is 0. The number of piperidine rings is 1. The first-order chi connectivity index (χ1) is 7.88. The van der Waals surface area contributed by atoms with Gasteiger partial charge in [0.25, 0.3) is 0 Å². The summed E-state index contributed by atoms with van der Waals surface area (Å²) in [5.41, 5.74) is 1.19. The van der Waals surface area contributed by atoms with Crippen LogP contribution in [0.25, 0.3) is 0 Å². The van der Waals surface area contributed by atoms with Crippen molar-refractivity contribution in [2.45, 2.75) is 19.4 Å². The van der Waals surface area contributed by atoms with E-state index in [2.05, 4.69) is 27.3 Å². The minimum Gasteiger partial charge on any atom is -0.319 e. The van der Waals surface area contributed by atoms with Crippen molar-refractivity contribution in [2.24, 2.45) is 5.92 Å². The van der Waals surface area contributed by atoms with Crippen molar-refractivity contribution in [2.75, 3.05) is 26.7 Å². The number of aromatic nitrogens is 1. The highest BCUT2D eigenvalue weighted by Crippen LogP contribution is 2.17. The molecule has 0 aromatic carbocycles. The lowest BCUT2D eigenvalue weighted by Gasteiger charge is -2.31. The normalized spacial score (nSPS) is 17.7. The minimum absolute atomic E-state index is 0. The van der Waals surface area contributed by atoms with Gasteiger partial charge in [-0.15, -0.1) is 12.4 Å². The van der Waals surface area contributed by atoms with Crippen molar-refractivity contribution < 1.29 is 0 Å². The number of nitrogens with one attached hydrogen (secondary N) is 1. The molecule has 17 heavy (non-hydrogen) atoms. The van der Waals surface area contributed by atoms with E-state index in [-0.39, 0.29) is 12.4 Å². The molecule has 1 aliphatic heterocycles. The van der Waals surface area contributed by atoms with Crippen LogP contribution in [0.2, 0.25) is 0 Å². The highest BCUT2D eigenvalue weighted by atomic mass is 35.5. The van der Waals surface area contributed by atoms with Crippen molar-refractivity contribution in [1.29, 1.82) is 0 Å². The molecule has 0 saturated carbocycles. The quantitative estimate of drug-likeness (QED) is 0.891. The summed E-state index contributed by atoms with van der Waals surface area (Å²) in [6.45, 7) is 4.59. The highest BCUT2D eigenvalue weighted by Gasteiger charge is 2.18. The van der Waals surface area contributed by atoms with Crippen LogP contribution in [0.1, 0.15) is 18.5 Å². The van der Waals surface area contributed by atoms with Crippen LogP contribution < -0.4 is 5.32 Å². The molecular weight excluding hydrogens is 234 g/mol. The first kappa shape index (κ1) is 14.4. The molecule has 0 atom stereocenters. The van der Waals surface area contributed by atoms with Gasteiger partial charge in [0.1, 0.15) is 0 Å². The van der Waals surface area contributed by atoms with E-state index < -0.39 is 0 Å². The molecular formula is C13H22ClN3. The smallest absolute Gasteiger partial charge is 0.0543 e. The molecule has 4 heteroatoms. The molecule has 1 aliphatic rings. The third kappa shape index (κ3) is 4.62. The van der Waals surface area contributed by atoms with E-state index in [4.69, 9.17) is 0 Å². The van der Waals surface area contributed by atoms with Crippen LogP contribution >= 0.6 is 12.4 Å². The summed E-state index contributed by atoms with van der Waals surface area (Å²) < 4.78 is 0. The molecule has 0 aliphatic carbocycles. The SMILES string of the molecule is CNCC1CCN(Cc2ccccn2)CC1.Cl. The van der Waals surface area contributed by atoms with E-state index in [0.29, 0.717) is 0 Å². The molecule has 3 nitrogen and oxygen atoms in total. The Morgan fingerprint density at radius 1 is 1.35 bits per heavy atom. The molecule has 0 unspecified atom stereocenters. The third-order valence-electron chi connectivity index (χ3n) is 3.31. The van der Waals surface area contributed by atoms with Crippen LogP contribution in [0.5, 0.6) is 0 Å². The van der Waals surface area contributed by atoms with Gasteiger partial charge in [-0.2, -0.15) is 0 Å². The van der Waals surface area contributed by atoms with E-state index >= 15 is 0 Å². The Balaban J connectivity index is 0.00000144. The van der Waals surface area contributed by atoms with Crippen molar-refractivity contribution in [3.8, 4) is 0 Å².